The molecule has 1 fully saturated rings. The second kappa shape index (κ2) is 7.02. The van der Waals surface area contributed by atoms with Gasteiger partial charge in [-0.2, -0.15) is 0 Å². The lowest BCUT2D eigenvalue weighted by atomic mass is 9.92. The monoisotopic (exact) mass is 252 g/mol. The molecule has 0 saturated carbocycles. The maximum atomic E-state index is 11.9. The first kappa shape index (κ1) is 14.5. The van der Waals surface area contributed by atoms with Crippen molar-refractivity contribution in [2.24, 2.45) is 11.7 Å². The van der Waals surface area contributed by atoms with Gasteiger partial charge in [0.2, 0.25) is 5.91 Å². The van der Waals surface area contributed by atoms with Crippen LogP contribution in [0, 0.1) is 18.3 Å². The SMILES string of the molecule is C#CCC(N)C(=O)N1CCC(CCC(=O)O)CC1. The van der Waals surface area contributed by atoms with Crippen LogP contribution in [0.1, 0.15) is 32.1 Å². The molecule has 0 spiro atoms. The predicted octanol–water partition coefficient (Wildman–Crippen LogP) is 0.440. The molecule has 1 amide bonds. The van der Waals surface area contributed by atoms with Crippen molar-refractivity contribution in [1.82, 2.24) is 4.90 Å². The first-order valence-corrected chi connectivity index (χ1v) is 6.24. The van der Waals surface area contributed by atoms with E-state index in [1.165, 1.54) is 0 Å². The topological polar surface area (TPSA) is 83.6 Å². The average Bonchev–Trinajstić information content (AvgIpc) is 2.36. The summed E-state index contributed by atoms with van der Waals surface area (Å²) in [7, 11) is 0. The van der Waals surface area contributed by atoms with Gasteiger partial charge in [0.05, 0.1) is 6.04 Å². The second-order valence-electron chi connectivity index (χ2n) is 4.72. The molecule has 1 aliphatic heterocycles. The van der Waals surface area contributed by atoms with E-state index in [9.17, 15) is 9.59 Å². The highest BCUT2D eigenvalue weighted by atomic mass is 16.4. The zero-order chi connectivity index (χ0) is 13.5. The van der Waals surface area contributed by atoms with Gasteiger partial charge in [-0.15, -0.1) is 12.3 Å². The van der Waals surface area contributed by atoms with Crippen LogP contribution in [0.25, 0.3) is 0 Å². The Hall–Kier alpha value is -1.54. The first-order valence-electron chi connectivity index (χ1n) is 6.24. The number of carbonyl (C=O) groups excluding carboxylic acids is 1. The molecule has 0 aromatic rings. The highest BCUT2D eigenvalue weighted by Gasteiger charge is 2.25. The Balaban J connectivity index is 2.33. The van der Waals surface area contributed by atoms with Gasteiger partial charge >= 0.3 is 5.97 Å². The predicted molar refractivity (Wildman–Crippen MR) is 67.6 cm³/mol. The zero-order valence-corrected chi connectivity index (χ0v) is 10.5. The largest absolute Gasteiger partial charge is 0.481 e. The van der Waals surface area contributed by atoms with Crippen LogP contribution >= 0.6 is 0 Å². The molecule has 5 nitrogen and oxygen atoms in total. The molecule has 0 bridgehead atoms. The molecule has 0 aromatic heterocycles. The Morgan fingerprint density at radius 1 is 1.44 bits per heavy atom. The van der Waals surface area contributed by atoms with E-state index in [2.05, 4.69) is 5.92 Å². The van der Waals surface area contributed by atoms with Crippen LogP contribution in [0.4, 0.5) is 0 Å². The molecule has 1 heterocycles. The van der Waals surface area contributed by atoms with E-state index in [1.807, 2.05) is 0 Å². The third kappa shape index (κ3) is 4.38. The minimum Gasteiger partial charge on any atom is -0.481 e. The van der Waals surface area contributed by atoms with Gasteiger partial charge in [-0.3, -0.25) is 9.59 Å². The molecule has 18 heavy (non-hydrogen) atoms. The summed E-state index contributed by atoms with van der Waals surface area (Å²) < 4.78 is 0. The fraction of sp³-hybridized carbons (Fsp3) is 0.692. The van der Waals surface area contributed by atoms with E-state index in [-0.39, 0.29) is 18.7 Å². The van der Waals surface area contributed by atoms with Gasteiger partial charge in [0.25, 0.3) is 0 Å². The average molecular weight is 252 g/mol. The van der Waals surface area contributed by atoms with E-state index in [0.717, 1.165) is 12.8 Å². The van der Waals surface area contributed by atoms with Crippen molar-refractivity contribution in [3.63, 3.8) is 0 Å². The summed E-state index contributed by atoms with van der Waals surface area (Å²) in [5.74, 6) is 1.94. The summed E-state index contributed by atoms with van der Waals surface area (Å²) in [6, 6.07) is -0.606. The Kier molecular flexibility index (Phi) is 5.66. The van der Waals surface area contributed by atoms with Gasteiger partial charge < -0.3 is 15.7 Å². The number of piperidine rings is 1. The Morgan fingerprint density at radius 2 is 2.06 bits per heavy atom. The van der Waals surface area contributed by atoms with Crippen LogP contribution in [0.5, 0.6) is 0 Å². The zero-order valence-electron chi connectivity index (χ0n) is 10.5. The van der Waals surface area contributed by atoms with E-state index in [4.69, 9.17) is 17.3 Å². The molecule has 1 aliphatic rings. The van der Waals surface area contributed by atoms with Crippen LogP contribution in [-0.2, 0) is 9.59 Å². The molecule has 1 rings (SSSR count). The summed E-state index contributed by atoms with van der Waals surface area (Å²) in [6.45, 7) is 1.31. The molecule has 5 heteroatoms. The fourth-order valence-corrected chi connectivity index (χ4v) is 2.22. The van der Waals surface area contributed by atoms with Crippen molar-refractivity contribution in [2.45, 2.75) is 38.1 Å². The lowest BCUT2D eigenvalue weighted by Crippen LogP contribution is -2.47. The van der Waals surface area contributed by atoms with Crippen molar-refractivity contribution in [3.05, 3.63) is 0 Å². The quantitative estimate of drug-likeness (QED) is 0.695. The molecule has 0 radical (unpaired) electrons. The van der Waals surface area contributed by atoms with Crippen molar-refractivity contribution in [3.8, 4) is 12.3 Å². The summed E-state index contributed by atoms with van der Waals surface area (Å²) in [5.41, 5.74) is 5.68. The molecule has 1 saturated heterocycles. The molecule has 100 valence electrons. The minimum absolute atomic E-state index is 0.0929. The number of likely N-dealkylation sites (tertiary alicyclic amines) is 1. The van der Waals surface area contributed by atoms with Crippen molar-refractivity contribution in [2.75, 3.05) is 13.1 Å². The highest BCUT2D eigenvalue weighted by Crippen LogP contribution is 2.22. The number of carbonyl (C=O) groups is 2. The van der Waals surface area contributed by atoms with Crippen LogP contribution in [-0.4, -0.2) is 41.0 Å². The molecular formula is C13H20N2O3. The van der Waals surface area contributed by atoms with E-state index in [1.54, 1.807) is 4.90 Å². The number of rotatable bonds is 5. The third-order valence-corrected chi connectivity index (χ3v) is 3.35. The van der Waals surface area contributed by atoms with Crippen molar-refractivity contribution >= 4 is 11.9 Å². The van der Waals surface area contributed by atoms with Crippen LogP contribution < -0.4 is 5.73 Å². The molecule has 1 unspecified atom stereocenters. The highest BCUT2D eigenvalue weighted by molar-refractivity contribution is 5.82. The maximum absolute atomic E-state index is 11.9. The standard InChI is InChI=1S/C13H20N2O3/c1-2-3-11(14)13(18)15-8-6-10(7-9-15)4-5-12(16)17/h1,10-11H,3-9,14H2,(H,16,17). The van der Waals surface area contributed by atoms with E-state index in [0.29, 0.717) is 25.4 Å². The number of hydrogen-bond acceptors (Lipinski definition) is 3. The number of carboxylic acids is 1. The van der Waals surface area contributed by atoms with Gasteiger partial charge in [0, 0.05) is 25.9 Å². The lowest BCUT2D eigenvalue weighted by molar-refractivity contribution is -0.138. The fourth-order valence-electron chi connectivity index (χ4n) is 2.22. The lowest BCUT2D eigenvalue weighted by Gasteiger charge is -2.33. The van der Waals surface area contributed by atoms with Crippen molar-refractivity contribution in [1.29, 1.82) is 0 Å². The Labute approximate surface area is 107 Å². The van der Waals surface area contributed by atoms with Crippen molar-refractivity contribution < 1.29 is 14.7 Å². The van der Waals surface area contributed by atoms with Gasteiger partial charge in [-0.05, 0) is 25.2 Å². The van der Waals surface area contributed by atoms with Gasteiger partial charge in [0.1, 0.15) is 0 Å². The molecule has 1 atom stereocenters. The van der Waals surface area contributed by atoms with Crippen LogP contribution in [0.15, 0.2) is 0 Å². The summed E-state index contributed by atoms with van der Waals surface area (Å²) in [6.07, 6.45) is 7.98. The second-order valence-corrected chi connectivity index (χ2v) is 4.72. The van der Waals surface area contributed by atoms with E-state index >= 15 is 0 Å². The third-order valence-electron chi connectivity index (χ3n) is 3.35. The summed E-state index contributed by atoms with van der Waals surface area (Å²) >= 11 is 0. The first-order chi connectivity index (χ1) is 8.54. The number of terminal acetylenes is 1. The normalized spacial score (nSPS) is 18.1. The van der Waals surface area contributed by atoms with E-state index < -0.39 is 12.0 Å². The number of amides is 1. The van der Waals surface area contributed by atoms with Gasteiger partial charge in [-0.25, -0.2) is 0 Å². The Morgan fingerprint density at radius 3 is 2.56 bits per heavy atom. The number of nitrogens with two attached hydrogens (primary N) is 1. The number of carboxylic acid groups (broad SMARTS) is 1. The summed E-state index contributed by atoms with van der Waals surface area (Å²) in [5, 5.41) is 8.62. The van der Waals surface area contributed by atoms with Gasteiger partial charge in [-0.1, -0.05) is 0 Å². The minimum atomic E-state index is -0.760. The van der Waals surface area contributed by atoms with Crippen LogP contribution in [0.3, 0.4) is 0 Å². The number of hydrogen-bond donors (Lipinski definition) is 2. The molecule has 0 aromatic carbocycles. The Bertz CT molecular complexity index is 341. The van der Waals surface area contributed by atoms with Gasteiger partial charge in [0.15, 0.2) is 0 Å². The molecular weight excluding hydrogens is 232 g/mol. The van der Waals surface area contributed by atoms with Crippen LogP contribution in [0.2, 0.25) is 0 Å². The number of nitrogens with zero attached hydrogens (tertiary/aromatic N) is 1. The smallest absolute Gasteiger partial charge is 0.303 e. The number of aliphatic carboxylic acids is 1. The molecule has 3 N–H and O–H groups in total. The maximum Gasteiger partial charge on any atom is 0.303 e. The molecule has 0 aliphatic carbocycles. The summed E-state index contributed by atoms with van der Waals surface area (Å²) in [4.78, 5) is 24.1.